The van der Waals surface area contributed by atoms with Crippen LogP contribution in [0, 0.1) is 0 Å². The number of carbonyl (C=O) groups is 2. The zero-order chi connectivity index (χ0) is 17.4. The van der Waals surface area contributed by atoms with E-state index in [1.807, 2.05) is 0 Å². The standard InChI is InChI=1S/C17H18N2O5/c20-13-5-9-15(10-6-13)24-14-7-3-12(4-8-14)17(22)18-11-1-2-16(21)19-23/h3-10,20,23H,1-2,11H2,(H,18,22)(H,19,21). The Bertz CT molecular complexity index is 683. The van der Waals surface area contributed by atoms with Gasteiger partial charge in [-0.15, -0.1) is 0 Å². The average Bonchev–Trinajstić information content (AvgIpc) is 2.61. The highest BCUT2D eigenvalue weighted by Crippen LogP contribution is 2.23. The van der Waals surface area contributed by atoms with E-state index in [9.17, 15) is 14.7 Å². The van der Waals surface area contributed by atoms with E-state index in [-0.39, 0.29) is 18.1 Å². The van der Waals surface area contributed by atoms with Crippen LogP contribution in [-0.4, -0.2) is 28.7 Å². The van der Waals surface area contributed by atoms with Crippen molar-refractivity contribution in [3.8, 4) is 17.2 Å². The van der Waals surface area contributed by atoms with Crippen LogP contribution in [-0.2, 0) is 4.79 Å². The quantitative estimate of drug-likeness (QED) is 0.354. The molecule has 0 saturated carbocycles. The van der Waals surface area contributed by atoms with Gasteiger partial charge in [-0.1, -0.05) is 0 Å². The van der Waals surface area contributed by atoms with Crippen LogP contribution in [0.4, 0.5) is 0 Å². The summed E-state index contributed by atoms with van der Waals surface area (Å²) in [5.74, 6) is 0.561. The number of aromatic hydroxyl groups is 1. The molecular formula is C17H18N2O5. The summed E-state index contributed by atoms with van der Waals surface area (Å²) < 4.78 is 5.59. The highest BCUT2D eigenvalue weighted by atomic mass is 16.5. The number of carbonyl (C=O) groups excluding carboxylic acids is 2. The van der Waals surface area contributed by atoms with E-state index >= 15 is 0 Å². The molecule has 4 N–H and O–H groups in total. The number of rotatable bonds is 7. The first-order valence-electron chi connectivity index (χ1n) is 7.36. The number of ether oxygens (including phenoxy) is 1. The molecule has 0 fully saturated rings. The number of hydrogen-bond donors (Lipinski definition) is 4. The maximum absolute atomic E-state index is 11.9. The van der Waals surface area contributed by atoms with Crippen LogP contribution in [0.2, 0.25) is 0 Å². The van der Waals surface area contributed by atoms with E-state index in [2.05, 4.69) is 5.32 Å². The molecule has 0 aliphatic carbocycles. The molecule has 0 unspecified atom stereocenters. The second kappa shape index (κ2) is 8.54. The third kappa shape index (κ3) is 5.29. The zero-order valence-corrected chi connectivity index (χ0v) is 12.9. The van der Waals surface area contributed by atoms with Gasteiger partial charge in [0, 0.05) is 18.5 Å². The second-order valence-electron chi connectivity index (χ2n) is 5.01. The molecule has 0 bridgehead atoms. The largest absolute Gasteiger partial charge is 0.508 e. The number of nitrogens with one attached hydrogen (secondary N) is 2. The highest BCUT2D eigenvalue weighted by Gasteiger charge is 2.06. The van der Waals surface area contributed by atoms with Crippen LogP contribution in [0.5, 0.6) is 17.2 Å². The lowest BCUT2D eigenvalue weighted by Gasteiger charge is -2.08. The van der Waals surface area contributed by atoms with E-state index in [1.165, 1.54) is 17.6 Å². The summed E-state index contributed by atoms with van der Waals surface area (Å²) >= 11 is 0. The Morgan fingerprint density at radius 1 is 0.958 bits per heavy atom. The maximum atomic E-state index is 11.9. The molecule has 0 atom stereocenters. The SMILES string of the molecule is O=C(CCCNC(=O)c1ccc(Oc2ccc(O)cc2)cc1)NO. The normalized spacial score (nSPS) is 10.0. The maximum Gasteiger partial charge on any atom is 0.251 e. The van der Waals surface area contributed by atoms with Crippen molar-refractivity contribution in [2.75, 3.05) is 6.54 Å². The number of hydroxylamine groups is 1. The monoisotopic (exact) mass is 330 g/mol. The Morgan fingerprint density at radius 2 is 1.54 bits per heavy atom. The smallest absolute Gasteiger partial charge is 0.251 e. The molecule has 0 aromatic heterocycles. The van der Waals surface area contributed by atoms with E-state index in [4.69, 9.17) is 9.94 Å². The Labute approximate surface area is 138 Å². The van der Waals surface area contributed by atoms with Crippen molar-refractivity contribution in [3.05, 3.63) is 54.1 Å². The lowest BCUT2D eigenvalue weighted by atomic mass is 10.2. The van der Waals surface area contributed by atoms with E-state index in [1.54, 1.807) is 36.4 Å². The fourth-order valence-electron chi connectivity index (χ4n) is 1.93. The van der Waals surface area contributed by atoms with Crippen LogP contribution in [0.15, 0.2) is 48.5 Å². The number of phenolic OH excluding ortho intramolecular Hbond substituents is 1. The van der Waals surface area contributed by atoms with Gasteiger partial charge in [-0.3, -0.25) is 14.8 Å². The summed E-state index contributed by atoms with van der Waals surface area (Å²) in [4.78, 5) is 22.8. The van der Waals surface area contributed by atoms with Crippen molar-refractivity contribution in [3.63, 3.8) is 0 Å². The topological polar surface area (TPSA) is 108 Å². The molecule has 2 aromatic rings. The zero-order valence-electron chi connectivity index (χ0n) is 12.9. The minimum absolute atomic E-state index is 0.135. The molecule has 2 aromatic carbocycles. The van der Waals surface area contributed by atoms with Gasteiger partial charge in [-0.2, -0.15) is 0 Å². The number of hydrogen-bond acceptors (Lipinski definition) is 5. The van der Waals surface area contributed by atoms with Crippen molar-refractivity contribution in [2.45, 2.75) is 12.8 Å². The fraction of sp³-hybridized carbons (Fsp3) is 0.176. The van der Waals surface area contributed by atoms with Crippen molar-refractivity contribution < 1.29 is 24.6 Å². The van der Waals surface area contributed by atoms with Gasteiger partial charge in [0.1, 0.15) is 17.2 Å². The summed E-state index contributed by atoms with van der Waals surface area (Å²) in [5, 5.41) is 20.3. The summed E-state index contributed by atoms with van der Waals surface area (Å²) in [6.07, 6.45) is 0.566. The lowest BCUT2D eigenvalue weighted by molar-refractivity contribution is -0.129. The van der Waals surface area contributed by atoms with Crippen LogP contribution in [0.1, 0.15) is 23.2 Å². The third-order valence-electron chi connectivity index (χ3n) is 3.18. The average molecular weight is 330 g/mol. The first-order valence-corrected chi connectivity index (χ1v) is 7.36. The molecule has 24 heavy (non-hydrogen) atoms. The fourth-order valence-corrected chi connectivity index (χ4v) is 1.93. The molecule has 7 heteroatoms. The van der Waals surface area contributed by atoms with Gasteiger partial charge in [0.15, 0.2) is 0 Å². The Kier molecular flexibility index (Phi) is 6.16. The molecule has 0 aliphatic heterocycles. The molecule has 0 radical (unpaired) electrons. The number of benzene rings is 2. The van der Waals surface area contributed by atoms with Crippen molar-refractivity contribution in [2.24, 2.45) is 0 Å². The van der Waals surface area contributed by atoms with Crippen LogP contribution >= 0.6 is 0 Å². The third-order valence-corrected chi connectivity index (χ3v) is 3.18. The molecule has 126 valence electrons. The van der Waals surface area contributed by atoms with Gasteiger partial charge < -0.3 is 15.2 Å². The van der Waals surface area contributed by atoms with Gasteiger partial charge in [0.05, 0.1) is 0 Å². The van der Waals surface area contributed by atoms with Crippen molar-refractivity contribution >= 4 is 11.8 Å². The summed E-state index contributed by atoms with van der Waals surface area (Å²) in [6.45, 7) is 0.331. The Morgan fingerprint density at radius 3 is 2.12 bits per heavy atom. The van der Waals surface area contributed by atoms with Gasteiger partial charge in [-0.25, -0.2) is 5.48 Å². The van der Waals surface area contributed by atoms with Crippen LogP contribution in [0.3, 0.4) is 0 Å². The Balaban J connectivity index is 1.83. The summed E-state index contributed by atoms with van der Waals surface area (Å²) in [5.41, 5.74) is 2.01. The van der Waals surface area contributed by atoms with E-state index < -0.39 is 5.91 Å². The van der Waals surface area contributed by atoms with Crippen LogP contribution in [0.25, 0.3) is 0 Å². The van der Waals surface area contributed by atoms with Crippen molar-refractivity contribution in [1.82, 2.24) is 10.8 Å². The first-order chi connectivity index (χ1) is 11.6. The van der Waals surface area contributed by atoms with Crippen LogP contribution < -0.4 is 15.5 Å². The molecule has 0 heterocycles. The molecule has 0 spiro atoms. The molecule has 7 nitrogen and oxygen atoms in total. The van der Waals surface area contributed by atoms with E-state index in [0.29, 0.717) is 30.0 Å². The molecule has 0 saturated heterocycles. The van der Waals surface area contributed by atoms with Crippen molar-refractivity contribution in [1.29, 1.82) is 0 Å². The minimum atomic E-state index is -0.486. The number of amides is 2. The molecule has 2 rings (SSSR count). The molecular weight excluding hydrogens is 312 g/mol. The number of phenols is 1. The van der Waals surface area contributed by atoms with Gasteiger partial charge in [0.2, 0.25) is 5.91 Å². The lowest BCUT2D eigenvalue weighted by Crippen LogP contribution is -2.26. The van der Waals surface area contributed by atoms with Gasteiger partial charge in [0.25, 0.3) is 5.91 Å². The molecule has 2 amide bonds. The highest BCUT2D eigenvalue weighted by molar-refractivity contribution is 5.94. The van der Waals surface area contributed by atoms with E-state index in [0.717, 1.165) is 0 Å². The van der Waals surface area contributed by atoms with Gasteiger partial charge in [-0.05, 0) is 55.0 Å². The predicted octanol–water partition coefficient (Wildman–Crippen LogP) is 2.20. The predicted molar refractivity (Wildman–Crippen MR) is 86.1 cm³/mol. The summed E-state index contributed by atoms with van der Waals surface area (Å²) in [7, 11) is 0. The molecule has 0 aliphatic rings. The second-order valence-corrected chi connectivity index (χ2v) is 5.01. The Hall–Kier alpha value is -3.06. The first kappa shape index (κ1) is 17.3. The minimum Gasteiger partial charge on any atom is -0.508 e. The summed E-state index contributed by atoms with van der Waals surface area (Å²) in [6, 6.07) is 12.9. The van der Waals surface area contributed by atoms with Gasteiger partial charge >= 0.3 is 0 Å².